The fraction of sp³-hybridized carbons (Fsp3) is 0.182. The molecule has 0 saturated heterocycles. The van der Waals surface area contributed by atoms with Crippen LogP contribution in [-0.2, 0) is 22.8 Å². The summed E-state index contributed by atoms with van der Waals surface area (Å²) < 4.78 is 124. The van der Waals surface area contributed by atoms with Crippen LogP contribution in [0.4, 0.5) is 36.4 Å². The van der Waals surface area contributed by atoms with Crippen LogP contribution in [0.25, 0.3) is 0 Å². The molecule has 0 aromatic heterocycles. The summed E-state index contributed by atoms with van der Waals surface area (Å²) in [5, 5.41) is 0.0342. The molecule has 188 valence electrons. The van der Waals surface area contributed by atoms with Crippen molar-refractivity contribution < 1.29 is 43.9 Å². The second-order valence-electron chi connectivity index (χ2n) is 7.14. The molecule has 0 aliphatic heterocycles. The lowest BCUT2D eigenvalue weighted by atomic mass is 10.2. The van der Waals surface area contributed by atoms with Crippen LogP contribution in [0.15, 0.2) is 71.6 Å². The van der Waals surface area contributed by atoms with Gasteiger partial charge in [-0.1, -0.05) is 29.8 Å². The van der Waals surface area contributed by atoms with Gasteiger partial charge in [-0.3, -0.25) is 4.31 Å². The molecule has 3 aromatic rings. The Hall–Kier alpha value is -2.99. The predicted octanol–water partition coefficient (Wildman–Crippen LogP) is 6.83. The molecule has 0 bridgehead atoms. The highest BCUT2D eigenvalue weighted by Crippen LogP contribution is 2.34. The Bertz CT molecular complexity index is 1290. The minimum Gasteiger partial charge on any atom is -0.489 e. The summed E-state index contributed by atoms with van der Waals surface area (Å²) in [6.45, 7) is -2.44. The summed E-state index contributed by atoms with van der Waals surface area (Å²) >= 11 is 5.91. The highest BCUT2D eigenvalue weighted by molar-refractivity contribution is 7.92. The number of ether oxygens (including phenoxy) is 1. The Kier molecular flexibility index (Phi) is 7.56. The van der Waals surface area contributed by atoms with Crippen LogP contribution in [0, 0.1) is 5.82 Å². The molecule has 0 aliphatic rings. The average Bonchev–Trinajstić information content (AvgIpc) is 2.76. The van der Waals surface area contributed by atoms with E-state index >= 15 is 0 Å². The van der Waals surface area contributed by atoms with E-state index in [0.717, 1.165) is 30.3 Å². The van der Waals surface area contributed by atoms with Crippen molar-refractivity contribution in [1.82, 2.24) is 0 Å². The summed E-state index contributed by atoms with van der Waals surface area (Å²) in [6, 6.07) is 10.7. The Morgan fingerprint density at radius 2 is 1.54 bits per heavy atom. The second-order valence-corrected chi connectivity index (χ2v) is 9.41. The summed E-state index contributed by atoms with van der Waals surface area (Å²) in [5.74, 6) is -0.826. The molecule has 0 heterocycles. The van der Waals surface area contributed by atoms with Gasteiger partial charge in [0.05, 0.1) is 21.2 Å². The zero-order valence-electron chi connectivity index (χ0n) is 17.4. The van der Waals surface area contributed by atoms with Crippen molar-refractivity contribution in [1.29, 1.82) is 0 Å². The van der Waals surface area contributed by atoms with Crippen molar-refractivity contribution in [2.45, 2.75) is 23.9 Å². The summed E-state index contributed by atoms with van der Waals surface area (Å²) in [7, 11) is -5.09. The Balaban J connectivity index is 1.99. The first-order valence-corrected chi connectivity index (χ1v) is 11.4. The maximum Gasteiger partial charge on any atom is 0.416 e. The molecule has 0 atom stereocenters. The smallest absolute Gasteiger partial charge is 0.416 e. The molecule has 3 aromatic carbocycles. The first-order valence-electron chi connectivity index (χ1n) is 9.61. The molecule has 0 saturated carbocycles. The van der Waals surface area contributed by atoms with Crippen molar-refractivity contribution >= 4 is 27.3 Å². The molecule has 0 unspecified atom stereocenters. The topological polar surface area (TPSA) is 46.6 Å². The van der Waals surface area contributed by atoms with Crippen LogP contribution in [0.5, 0.6) is 5.75 Å². The van der Waals surface area contributed by atoms with Crippen molar-refractivity contribution in [2.75, 3.05) is 10.8 Å². The van der Waals surface area contributed by atoms with Crippen LogP contribution >= 0.6 is 11.6 Å². The quantitative estimate of drug-likeness (QED) is 0.308. The summed E-state index contributed by atoms with van der Waals surface area (Å²) in [5.41, 5.74) is -1.91. The van der Waals surface area contributed by atoms with E-state index in [4.69, 9.17) is 16.3 Å². The lowest BCUT2D eigenvalue weighted by Gasteiger charge is -2.26. The van der Waals surface area contributed by atoms with E-state index in [-0.39, 0.29) is 26.7 Å². The molecule has 0 radical (unpaired) electrons. The van der Waals surface area contributed by atoms with E-state index in [1.54, 1.807) is 0 Å². The Morgan fingerprint density at radius 1 is 0.886 bits per heavy atom. The molecule has 0 aliphatic carbocycles. The van der Waals surface area contributed by atoms with Gasteiger partial charge in [0.25, 0.3) is 10.0 Å². The van der Waals surface area contributed by atoms with Crippen molar-refractivity contribution in [3.05, 3.63) is 88.7 Å². The average molecular weight is 542 g/mol. The third kappa shape index (κ3) is 6.57. The van der Waals surface area contributed by atoms with Crippen molar-refractivity contribution in [3.63, 3.8) is 0 Å². The number of rotatable bonds is 7. The van der Waals surface area contributed by atoms with Crippen LogP contribution < -0.4 is 9.04 Å². The van der Waals surface area contributed by atoms with Crippen LogP contribution in [0.3, 0.4) is 0 Å². The summed E-state index contributed by atoms with van der Waals surface area (Å²) in [4.78, 5) is -0.985. The fourth-order valence-corrected chi connectivity index (χ4v) is 4.70. The zero-order chi connectivity index (χ0) is 26.0. The zero-order valence-corrected chi connectivity index (χ0v) is 18.9. The molecule has 0 N–H and O–H groups in total. The number of hydrogen-bond donors (Lipinski definition) is 0. The lowest BCUT2D eigenvalue weighted by Crippen LogP contribution is -2.39. The van der Waals surface area contributed by atoms with Crippen molar-refractivity contribution in [3.8, 4) is 5.75 Å². The second kappa shape index (κ2) is 9.94. The van der Waals surface area contributed by atoms with E-state index in [1.807, 2.05) is 0 Å². The van der Waals surface area contributed by atoms with Gasteiger partial charge in [-0.2, -0.15) is 26.3 Å². The minimum atomic E-state index is -5.09. The monoisotopic (exact) mass is 541 g/mol. The lowest BCUT2D eigenvalue weighted by molar-refractivity contribution is -0.137. The third-order valence-corrected chi connectivity index (χ3v) is 6.75. The van der Waals surface area contributed by atoms with E-state index in [0.29, 0.717) is 6.07 Å². The van der Waals surface area contributed by atoms with Gasteiger partial charge in [0.2, 0.25) is 0 Å². The highest BCUT2D eigenvalue weighted by Gasteiger charge is 2.39. The molecule has 0 spiro atoms. The fourth-order valence-electron chi connectivity index (χ4n) is 2.99. The van der Waals surface area contributed by atoms with Gasteiger partial charge in [-0.25, -0.2) is 12.8 Å². The van der Waals surface area contributed by atoms with Gasteiger partial charge < -0.3 is 4.74 Å². The molecule has 0 fully saturated rings. The number of halogens is 8. The molecule has 13 heteroatoms. The number of alkyl halides is 6. The van der Waals surface area contributed by atoms with Gasteiger partial charge in [0, 0.05) is 11.6 Å². The van der Waals surface area contributed by atoms with E-state index in [2.05, 4.69) is 0 Å². The van der Waals surface area contributed by atoms with E-state index in [9.17, 15) is 39.2 Å². The highest BCUT2D eigenvalue weighted by atomic mass is 35.5. The van der Waals surface area contributed by atoms with Crippen LogP contribution in [0.2, 0.25) is 5.02 Å². The Morgan fingerprint density at radius 3 is 2.17 bits per heavy atom. The standard InChI is InChI=1S/C22H15ClF7NO3S/c23-19-8-3-9-20(24)18(19)12-34-16-6-2-5-15(11-16)31(13-21(25,26)27)35(32,33)17-7-1-4-14(10-17)22(28,29)30/h1-11H,12-13H2. The minimum absolute atomic E-state index is 0.0342. The van der Waals surface area contributed by atoms with E-state index in [1.165, 1.54) is 24.3 Å². The van der Waals surface area contributed by atoms with Crippen molar-refractivity contribution in [2.24, 2.45) is 0 Å². The Labute approximate surface area is 200 Å². The van der Waals surface area contributed by atoms with Crippen LogP contribution in [0.1, 0.15) is 11.1 Å². The SMILES string of the molecule is O=S(=O)(c1cccc(C(F)(F)F)c1)N(CC(F)(F)F)c1cccc(OCc2c(F)cccc2Cl)c1. The molecule has 35 heavy (non-hydrogen) atoms. The number of benzene rings is 3. The molecular formula is C22H15ClF7NO3S. The third-order valence-electron chi connectivity index (χ3n) is 4.62. The van der Waals surface area contributed by atoms with Gasteiger partial charge in [0.15, 0.2) is 0 Å². The predicted molar refractivity (Wildman–Crippen MR) is 114 cm³/mol. The van der Waals surface area contributed by atoms with Gasteiger partial charge in [0.1, 0.15) is 24.7 Å². The first-order chi connectivity index (χ1) is 16.2. The molecule has 0 amide bonds. The normalized spacial score (nSPS) is 12.5. The first kappa shape index (κ1) is 26.6. The summed E-state index contributed by atoms with van der Waals surface area (Å²) in [6.07, 6.45) is -9.95. The van der Waals surface area contributed by atoms with Gasteiger partial charge in [-0.15, -0.1) is 0 Å². The van der Waals surface area contributed by atoms with E-state index < -0.39 is 57.5 Å². The van der Waals surface area contributed by atoms with Gasteiger partial charge >= 0.3 is 12.4 Å². The molecule has 3 rings (SSSR count). The number of anilines is 1. The molecular weight excluding hydrogens is 527 g/mol. The maximum atomic E-state index is 13.9. The number of hydrogen-bond acceptors (Lipinski definition) is 3. The number of sulfonamides is 1. The largest absolute Gasteiger partial charge is 0.489 e. The maximum absolute atomic E-state index is 13.9. The van der Waals surface area contributed by atoms with Gasteiger partial charge in [-0.05, 0) is 42.5 Å². The molecule has 4 nitrogen and oxygen atoms in total. The van der Waals surface area contributed by atoms with Crippen LogP contribution in [-0.4, -0.2) is 21.1 Å². The number of nitrogens with zero attached hydrogens (tertiary/aromatic N) is 1.